The third-order valence-corrected chi connectivity index (χ3v) is 15.7. The van der Waals surface area contributed by atoms with Crippen molar-refractivity contribution in [3.63, 3.8) is 0 Å². The topological polar surface area (TPSA) is 18.5 Å². The third kappa shape index (κ3) is 11.8. The van der Waals surface area contributed by atoms with Crippen LogP contribution in [0.2, 0.25) is 0 Å². The number of ether oxygens (including phenoxy) is 2. The minimum Gasteiger partial charge on any atom is -0.491 e. The lowest BCUT2D eigenvalue weighted by atomic mass is 9.95. The fraction of sp³-hybridized carbons (Fsp3) is 0.696. The van der Waals surface area contributed by atoms with E-state index in [-0.39, 0.29) is 0 Å². The van der Waals surface area contributed by atoms with E-state index in [2.05, 4.69) is 50.6 Å². The molecule has 5 rings (SSSR count). The lowest BCUT2D eigenvalue weighted by Crippen LogP contribution is -2.14. The molecule has 2 nitrogen and oxygen atoms in total. The quantitative estimate of drug-likeness (QED) is 0.0432. The summed E-state index contributed by atoms with van der Waals surface area (Å²) >= 11 is 7.63. The fourth-order valence-electron chi connectivity index (χ4n) is 8.05. The van der Waals surface area contributed by atoms with Crippen molar-refractivity contribution in [3.8, 4) is 11.5 Å². The van der Waals surface area contributed by atoms with Crippen molar-refractivity contribution in [2.75, 3.05) is 13.2 Å². The molecule has 2 unspecified atom stereocenters. The van der Waals surface area contributed by atoms with Crippen LogP contribution in [-0.2, 0) is 0 Å². The zero-order chi connectivity index (χ0) is 36.4. The molecule has 0 aliphatic rings. The third-order valence-electron chi connectivity index (χ3n) is 11.2. The van der Waals surface area contributed by atoms with Crippen molar-refractivity contribution < 1.29 is 9.47 Å². The van der Waals surface area contributed by atoms with Gasteiger partial charge in [0, 0.05) is 9.40 Å². The molecule has 0 aliphatic carbocycles. The summed E-state index contributed by atoms with van der Waals surface area (Å²) in [5.74, 6) is 3.53. The fourth-order valence-corrected chi connectivity index (χ4v) is 12.8. The van der Waals surface area contributed by atoms with Crippen molar-refractivity contribution >= 4 is 84.3 Å². The minimum absolute atomic E-state index is 0.623. The van der Waals surface area contributed by atoms with Crippen molar-refractivity contribution in [1.29, 1.82) is 0 Å². The van der Waals surface area contributed by atoms with Gasteiger partial charge in [0.1, 0.15) is 11.5 Å². The van der Waals surface area contributed by atoms with Crippen LogP contribution >= 0.6 is 45.3 Å². The van der Waals surface area contributed by atoms with Gasteiger partial charge in [-0.1, -0.05) is 156 Å². The molecule has 2 atom stereocenters. The van der Waals surface area contributed by atoms with E-state index in [1.54, 1.807) is 0 Å². The van der Waals surface area contributed by atoms with E-state index in [1.807, 2.05) is 45.3 Å². The Hall–Kier alpha value is -1.34. The monoisotopic (exact) mass is 782 g/mol. The molecule has 1 aromatic carbocycles. The van der Waals surface area contributed by atoms with Gasteiger partial charge in [0.25, 0.3) is 0 Å². The average Bonchev–Trinajstić information content (AvgIpc) is 3.95. The van der Waals surface area contributed by atoms with E-state index in [4.69, 9.17) is 9.47 Å². The van der Waals surface area contributed by atoms with Crippen molar-refractivity contribution in [1.82, 2.24) is 0 Å². The van der Waals surface area contributed by atoms with Gasteiger partial charge in [-0.15, -0.1) is 45.3 Å². The van der Waals surface area contributed by atoms with E-state index in [0.29, 0.717) is 11.8 Å². The summed E-state index contributed by atoms with van der Waals surface area (Å²) in [7, 11) is 0. The van der Waals surface area contributed by atoms with E-state index < -0.39 is 0 Å². The number of benzene rings is 1. The SMILES string of the molecule is CCCCCCCCC(CCCCCC)COc1c2sc3ccsc3c2c(OCC(CCCCCC)CCCCCCCC)c2sc3ccsc3c12. The van der Waals surface area contributed by atoms with Gasteiger partial charge < -0.3 is 9.47 Å². The number of hydrogen-bond donors (Lipinski definition) is 0. The average molecular weight is 783 g/mol. The molecular weight excluding hydrogens is 713 g/mol. The Kier molecular flexibility index (Phi) is 18.9. The standard InChI is InChI=1S/C46H70O2S4/c1-5-9-13-17-19-23-27-35(25-21-15-11-7-3)33-47-41-39-43-37(29-31-49-43)52-46(39)42(40-44-38(30-32-50-44)51-45(40)41)48-34-36(26-22-16-12-8-4)28-24-20-18-14-10-6-2/h29-32,35-36H,5-28,33-34H2,1-4H3. The Morgan fingerprint density at radius 1 is 0.423 bits per heavy atom. The predicted molar refractivity (Wildman–Crippen MR) is 239 cm³/mol. The van der Waals surface area contributed by atoms with Gasteiger partial charge in [-0.3, -0.25) is 0 Å². The van der Waals surface area contributed by atoms with Crippen LogP contribution < -0.4 is 9.47 Å². The predicted octanol–water partition coefficient (Wildman–Crippen LogP) is 18.0. The molecule has 0 radical (unpaired) electrons. The van der Waals surface area contributed by atoms with Crippen molar-refractivity contribution in [3.05, 3.63) is 22.9 Å². The van der Waals surface area contributed by atoms with Crippen LogP contribution in [0.1, 0.15) is 182 Å². The molecule has 0 bridgehead atoms. The molecule has 0 saturated carbocycles. The summed E-state index contributed by atoms with van der Waals surface area (Å²) in [6.07, 6.45) is 32.2. The first-order chi connectivity index (χ1) is 25.7. The van der Waals surface area contributed by atoms with Crippen LogP contribution in [0, 0.1) is 11.8 Å². The van der Waals surface area contributed by atoms with Gasteiger partial charge >= 0.3 is 0 Å². The Balaban J connectivity index is 1.41. The summed E-state index contributed by atoms with van der Waals surface area (Å²) in [6.45, 7) is 10.9. The van der Waals surface area contributed by atoms with E-state index >= 15 is 0 Å². The molecular formula is C46H70O2S4. The molecule has 4 aromatic heterocycles. The lowest BCUT2D eigenvalue weighted by Gasteiger charge is -2.21. The Morgan fingerprint density at radius 2 is 0.750 bits per heavy atom. The first kappa shape index (κ1) is 41.8. The molecule has 0 aliphatic heterocycles. The molecule has 0 N–H and O–H groups in total. The van der Waals surface area contributed by atoms with E-state index in [0.717, 1.165) is 24.7 Å². The van der Waals surface area contributed by atoms with Gasteiger partial charge in [-0.05, 0) is 60.4 Å². The summed E-state index contributed by atoms with van der Waals surface area (Å²) in [4.78, 5) is 0. The highest BCUT2D eigenvalue weighted by Gasteiger charge is 2.27. The van der Waals surface area contributed by atoms with Crippen molar-refractivity contribution in [2.24, 2.45) is 11.8 Å². The highest BCUT2D eigenvalue weighted by Crippen LogP contribution is 2.56. The van der Waals surface area contributed by atoms with Crippen LogP contribution in [0.15, 0.2) is 22.9 Å². The maximum absolute atomic E-state index is 7.20. The normalized spacial score (nSPS) is 13.3. The smallest absolute Gasteiger partial charge is 0.147 e. The highest BCUT2D eigenvalue weighted by molar-refractivity contribution is 7.34. The summed E-state index contributed by atoms with van der Waals surface area (Å²) in [5.41, 5.74) is 0. The zero-order valence-electron chi connectivity index (χ0n) is 33.3. The van der Waals surface area contributed by atoms with Gasteiger partial charge in [0.05, 0.1) is 42.8 Å². The molecule has 5 aromatic rings. The lowest BCUT2D eigenvalue weighted by molar-refractivity contribution is 0.226. The molecule has 52 heavy (non-hydrogen) atoms. The highest BCUT2D eigenvalue weighted by atomic mass is 32.1. The number of rotatable bonds is 30. The number of fused-ring (bicyclic) bond motifs is 6. The van der Waals surface area contributed by atoms with Gasteiger partial charge in [-0.2, -0.15) is 0 Å². The second-order valence-corrected chi connectivity index (χ2v) is 19.6. The van der Waals surface area contributed by atoms with Gasteiger partial charge in [0.15, 0.2) is 0 Å². The van der Waals surface area contributed by atoms with Crippen LogP contribution in [0.4, 0.5) is 0 Å². The van der Waals surface area contributed by atoms with Crippen LogP contribution in [0.5, 0.6) is 11.5 Å². The van der Waals surface area contributed by atoms with Gasteiger partial charge in [0.2, 0.25) is 0 Å². The molecule has 0 spiro atoms. The summed E-state index contributed by atoms with van der Waals surface area (Å²) in [6, 6.07) is 4.63. The molecule has 0 fully saturated rings. The van der Waals surface area contributed by atoms with Crippen LogP contribution in [0.25, 0.3) is 39.0 Å². The number of hydrogen-bond acceptors (Lipinski definition) is 6. The molecule has 6 heteroatoms. The second kappa shape index (κ2) is 23.6. The summed E-state index contributed by atoms with van der Waals surface area (Å²) < 4.78 is 22.6. The van der Waals surface area contributed by atoms with Crippen LogP contribution in [-0.4, -0.2) is 13.2 Å². The number of unbranched alkanes of at least 4 members (excludes halogenated alkanes) is 16. The number of thiophene rings is 4. The van der Waals surface area contributed by atoms with Crippen molar-refractivity contribution in [2.45, 2.75) is 182 Å². The largest absolute Gasteiger partial charge is 0.491 e. The van der Waals surface area contributed by atoms with E-state index in [9.17, 15) is 0 Å². The Bertz CT molecular complexity index is 1560. The zero-order valence-corrected chi connectivity index (χ0v) is 36.6. The maximum Gasteiger partial charge on any atom is 0.147 e. The molecule has 4 heterocycles. The van der Waals surface area contributed by atoms with Crippen LogP contribution in [0.3, 0.4) is 0 Å². The first-order valence-corrected chi connectivity index (χ1v) is 25.1. The van der Waals surface area contributed by atoms with Gasteiger partial charge in [-0.25, -0.2) is 0 Å². The molecule has 0 saturated heterocycles. The maximum atomic E-state index is 7.20. The first-order valence-electron chi connectivity index (χ1n) is 21.7. The van der Waals surface area contributed by atoms with E-state index in [1.165, 1.54) is 193 Å². The Labute approximate surface area is 333 Å². The Morgan fingerprint density at radius 3 is 1.12 bits per heavy atom. The summed E-state index contributed by atoms with van der Waals surface area (Å²) in [5, 5.41) is 7.19. The molecule has 0 amide bonds. The second-order valence-electron chi connectivity index (χ2n) is 15.7. The minimum atomic E-state index is 0.623. The molecule has 290 valence electrons.